The van der Waals surface area contributed by atoms with Gasteiger partial charge in [0.25, 0.3) is 0 Å². The highest BCUT2D eigenvalue weighted by Gasteiger charge is 2.15. The SMILES string of the molecule is C=C(NCc1nccn1C(C)C)C(C)(C)C. The van der Waals surface area contributed by atoms with Crippen LogP contribution in [0.5, 0.6) is 0 Å². The van der Waals surface area contributed by atoms with E-state index in [2.05, 4.69) is 56.1 Å². The lowest BCUT2D eigenvalue weighted by molar-refractivity contribution is 0.452. The number of imidazole rings is 1. The quantitative estimate of drug-likeness (QED) is 0.846. The van der Waals surface area contributed by atoms with Crippen LogP contribution >= 0.6 is 0 Å². The second-order valence-corrected chi connectivity index (χ2v) is 5.43. The van der Waals surface area contributed by atoms with E-state index in [0.717, 1.165) is 18.1 Å². The largest absolute Gasteiger partial charge is 0.381 e. The van der Waals surface area contributed by atoms with Crippen molar-refractivity contribution in [2.24, 2.45) is 5.41 Å². The fraction of sp³-hybridized carbons (Fsp3) is 0.615. The molecule has 3 nitrogen and oxygen atoms in total. The predicted octanol–water partition coefficient (Wildman–Crippen LogP) is 3.11. The summed E-state index contributed by atoms with van der Waals surface area (Å²) in [7, 11) is 0. The Morgan fingerprint density at radius 2 is 2.12 bits per heavy atom. The highest BCUT2D eigenvalue weighted by Crippen LogP contribution is 2.21. The molecule has 0 unspecified atom stereocenters. The third kappa shape index (κ3) is 3.12. The van der Waals surface area contributed by atoms with Crippen molar-refractivity contribution in [1.82, 2.24) is 14.9 Å². The molecule has 0 aliphatic carbocycles. The first-order chi connectivity index (χ1) is 7.32. The Hall–Kier alpha value is -1.25. The summed E-state index contributed by atoms with van der Waals surface area (Å²) in [6.45, 7) is 15.6. The molecule has 1 aromatic heterocycles. The molecule has 0 radical (unpaired) electrons. The van der Waals surface area contributed by atoms with E-state index in [1.165, 1.54) is 0 Å². The zero-order valence-corrected chi connectivity index (χ0v) is 11.0. The van der Waals surface area contributed by atoms with Gasteiger partial charge in [0, 0.05) is 29.5 Å². The predicted molar refractivity (Wildman–Crippen MR) is 68.0 cm³/mol. The van der Waals surface area contributed by atoms with E-state index in [-0.39, 0.29) is 5.41 Å². The maximum absolute atomic E-state index is 4.35. The molecular formula is C13H23N3. The highest BCUT2D eigenvalue weighted by molar-refractivity contribution is 5.04. The summed E-state index contributed by atoms with van der Waals surface area (Å²) >= 11 is 0. The summed E-state index contributed by atoms with van der Waals surface area (Å²) in [4.78, 5) is 4.35. The van der Waals surface area contributed by atoms with Crippen molar-refractivity contribution in [3.63, 3.8) is 0 Å². The second kappa shape index (κ2) is 4.73. The standard InChI is InChI=1S/C13H23N3/c1-10(2)16-8-7-14-12(16)9-15-11(3)13(4,5)6/h7-8,10,15H,3,9H2,1-2,4-6H3. The molecule has 0 saturated carbocycles. The second-order valence-electron chi connectivity index (χ2n) is 5.43. The van der Waals surface area contributed by atoms with Gasteiger partial charge < -0.3 is 9.88 Å². The smallest absolute Gasteiger partial charge is 0.128 e. The fourth-order valence-corrected chi connectivity index (χ4v) is 1.40. The van der Waals surface area contributed by atoms with E-state index in [4.69, 9.17) is 0 Å². The van der Waals surface area contributed by atoms with Crippen LogP contribution in [0, 0.1) is 5.41 Å². The zero-order valence-electron chi connectivity index (χ0n) is 11.0. The molecule has 0 bridgehead atoms. The summed E-state index contributed by atoms with van der Waals surface area (Å²) in [6.07, 6.45) is 3.86. The minimum atomic E-state index is 0.0925. The Balaban J connectivity index is 2.62. The van der Waals surface area contributed by atoms with Crippen LogP contribution in [0.3, 0.4) is 0 Å². The molecule has 0 fully saturated rings. The fourth-order valence-electron chi connectivity index (χ4n) is 1.40. The van der Waals surface area contributed by atoms with Gasteiger partial charge in [0.05, 0.1) is 6.54 Å². The molecule has 0 atom stereocenters. The van der Waals surface area contributed by atoms with E-state index in [1.54, 1.807) is 0 Å². The molecule has 0 amide bonds. The van der Waals surface area contributed by atoms with Crippen LogP contribution in [0.2, 0.25) is 0 Å². The van der Waals surface area contributed by atoms with Crippen LogP contribution in [-0.4, -0.2) is 9.55 Å². The Morgan fingerprint density at radius 3 is 2.62 bits per heavy atom. The number of nitrogens with zero attached hydrogens (tertiary/aromatic N) is 2. The molecule has 1 heterocycles. The molecule has 1 aromatic rings. The average Bonchev–Trinajstić information content (AvgIpc) is 2.60. The Bertz CT molecular complexity index is 355. The molecule has 0 aliphatic heterocycles. The number of hydrogen-bond acceptors (Lipinski definition) is 2. The zero-order chi connectivity index (χ0) is 12.3. The first kappa shape index (κ1) is 12.8. The molecule has 0 saturated heterocycles. The molecular weight excluding hydrogens is 198 g/mol. The number of allylic oxidation sites excluding steroid dienone is 1. The minimum absolute atomic E-state index is 0.0925. The van der Waals surface area contributed by atoms with Gasteiger partial charge in [-0.25, -0.2) is 4.98 Å². The van der Waals surface area contributed by atoms with Gasteiger partial charge in [0.2, 0.25) is 0 Å². The van der Waals surface area contributed by atoms with Crippen LogP contribution in [0.25, 0.3) is 0 Å². The first-order valence-corrected chi connectivity index (χ1v) is 5.77. The van der Waals surface area contributed by atoms with Crippen molar-refractivity contribution in [2.75, 3.05) is 0 Å². The lowest BCUT2D eigenvalue weighted by Crippen LogP contribution is -2.24. The maximum atomic E-state index is 4.35. The van der Waals surface area contributed by atoms with Crippen molar-refractivity contribution >= 4 is 0 Å². The van der Waals surface area contributed by atoms with E-state index < -0.39 is 0 Å². The lowest BCUT2D eigenvalue weighted by Gasteiger charge is -2.23. The molecule has 1 N–H and O–H groups in total. The van der Waals surface area contributed by atoms with Crippen LogP contribution in [-0.2, 0) is 6.54 Å². The van der Waals surface area contributed by atoms with E-state index in [9.17, 15) is 0 Å². The van der Waals surface area contributed by atoms with Crippen molar-refractivity contribution in [2.45, 2.75) is 47.2 Å². The third-order valence-electron chi connectivity index (χ3n) is 2.67. The number of nitrogens with one attached hydrogen (secondary N) is 1. The first-order valence-electron chi connectivity index (χ1n) is 5.77. The number of rotatable bonds is 4. The third-order valence-corrected chi connectivity index (χ3v) is 2.67. The van der Waals surface area contributed by atoms with Gasteiger partial charge in [-0.1, -0.05) is 27.4 Å². The Kier molecular flexibility index (Phi) is 3.79. The normalized spacial score (nSPS) is 11.9. The Morgan fingerprint density at radius 1 is 1.50 bits per heavy atom. The van der Waals surface area contributed by atoms with Gasteiger partial charge in [-0.3, -0.25) is 0 Å². The van der Waals surface area contributed by atoms with Crippen molar-refractivity contribution in [1.29, 1.82) is 0 Å². The Labute approximate surface area is 98.6 Å². The van der Waals surface area contributed by atoms with Crippen LogP contribution in [0.1, 0.15) is 46.5 Å². The summed E-state index contributed by atoms with van der Waals surface area (Å²) in [5.41, 5.74) is 1.14. The molecule has 3 heteroatoms. The van der Waals surface area contributed by atoms with Crippen molar-refractivity contribution in [3.05, 3.63) is 30.5 Å². The van der Waals surface area contributed by atoms with Gasteiger partial charge in [0.1, 0.15) is 5.82 Å². The summed E-state index contributed by atoms with van der Waals surface area (Å²) in [6, 6.07) is 0.446. The maximum Gasteiger partial charge on any atom is 0.128 e. The summed E-state index contributed by atoms with van der Waals surface area (Å²) < 4.78 is 2.17. The van der Waals surface area contributed by atoms with Crippen molar-refractivity contribution in [3.8, 4) is 0 Å². The van der Waals surface area contributed by atoms with Crippen molar-refractivity contribution < 1.29 is 0 Å². The van der Waals surface area contributed by atoms with Gasteiger partial charge in [-0.05, 0) is 13.8 Å². The van der Waals surface area contributed by atoms with E-state index >= 15 is 0 Å². The van der Waals surface area contributed by atoms with Gasteiger partial charge in [-0.2, -0.15) is 0 Å². The van der Waals surface area contributed by atoms with E-state index in [1.807, 2.05) is 12.4 Å². The van der Waals surface area contributed by atoms with Crippen LogP contribution < -0.4 is 5.32 Å². The molecule has 90 valence electrons. The summed E-state index contributed by atoms with van der Waals surface area (Å²) in [5.74, 6) is 1.06. The lowest BCUT2D eigenvalue weighted by atomic mass is 9.93. The topological polar surface area (TPSA) is 29.9 Å². The van der Waals surface area contributed by atoms with E-state index in [0.29, 0.717) is 6.04 Å². The molecule has 1 rings (SSSR count). The average molecular weight is 221 g/mol. The molecule has 16 heavy (non-hydrogen) atoms. The number of aromatic nitrogens is 2. The minimum Gasteiger partial charge on any atom is -0.381 e. The van der Waals surface area contributed by atoms with Gasteiger partial charge >= 0.3 is 0 Å². The summed E-state index contributed by atoms with van der Waals surface area (Å²) in [5, 5.41) is 3.34. The molecule has 0 aliphatic rings. The van der Waals surface area contributed by atoms with Crippen LogP contribution in [0.4, 0.5) is 0 Å². The number of hydrogen-bond donors (Lipinski definition) is 1. The molecule has 0 spiro atoms. The van der Waals surface area contributed by atoms with Crippen LogP contribution in [0.15, 0.2) is 24.7 Å². The molecule has 0 aromatic carbocycles. The monoisotopic (exact) mass is 221 g/mol. The highest BCUT2D eigenvalue weighted by atomic mass is 15.1. The van der Waals surface area contributed by atoms with Gasteiger partial charge in [-0.15, -0.1) is 0 Å². The van der Waals surface area contributed by atoms with Gasteiger partial charge in [0.15, 0.2) is 0 Å².